The first kappa shape index (κ1) is 23.8. The largest absolute Gasteiger partial charge is 0.495 e. The molecule has 7 nitrogen and oxygen atoms in total. The number of methoxy groups -OCH3 is 2. The molecule has 3 aromatic rings. The van der Waals surface area contributed by atoms with Gasteiger partial charge in [0.1, 0.15) is 11.8 Å². The zero-order valence-electron chi connectivity index (χ0n) is 20.2. The summed E-state index contributed by atoms with van der Waals surface area (Å²) in [4.78, 5) is 27.6. The molecular formula is C27H32N2O5. The molecule has 1 aromatic heterocycles. The number of hydrogen-bond acceptors (Lipinski definition) is 6. The fraction of sp³-hybridized carbons (Fsp3) is 0.407. The van der Waals surface area contributed by atoms with Gasteiger partial charge in [-0.05, 0) is 30.5 Å². The highest BCUT2D eigenvalue weighted by Crippen LogP contribution is 2.44. The number of carbonyl (C=O) groups is 2. The van der Waals surface area contributed by atoms with Crippen molar-refractivity contribution < 1.29 is 23.8 Å². The van der Waals surface area contributed by atoms with E-state index in [9.17, 15) is 9.59 Å². The lowest BCUT2D eigenvalue weighted by molar-refractivity contribution is -0.151. The Bertz CT molecular complexity index is 1170. The van der Waals surface area contributed by atoms with E-state index in [1.54, 1.807) is 7.11 Å². The van der Waals surface area contributed by atoms with Gasteiger partial charge in [-0.2, -0.15) is 0 Å². The number of carbonyl (C=O) groups excluding carboxylic acids is 2. The van der Waals surface area contributed by atoms with Gasteiger partial charge in [-0.25, -0.2) is 0 Å². The number of esters is 2. The molecule has 2 atom stereocenters. The molecule has 180 valence electrons. The van der Waals surface area contributed by atoms with Crippen molar-refractivity contribution in [1.82, 2.24) is 9.47 Å². The summed E-state index contributed by atoms with van der Waals surface area (Å²) in [7, 11) is 5.10. The van der Waals surface area contributed by atoms with E-state index in [2.05, 4.69) is 27.7 Å². The van der Waals surface area contributed by atoms with Gasteiger partial charge in [-0.15, -0.1) is 0 Å². The van der Waals surface area contributed by atoms with Crippen LogP contribution in [0, 0.1) is 0 Å². The van der Waals surface area contributed by atoms with Gasteiger partial charge in [0.2, 0.25) is 0 Å². The first-order chi connectivity index (χ1) is 16.5. The number of aromatic nitrogens is 1. The highest BCUT2D eigenvalue weighted by Gasteiger charge is 2.42. The third-order valence-corrected chi connectivity index (χ3v) is 6.68. The molecule has 0 N–H and O–H groups in total. The van der Waals surface area contributed by atoms with Crippen molar-refractivity contribution in [3.05, 3.63) is 65.4 Å². The summed E-state index contributed by atoms with van der Waals surface area (Å²) in [6.07, 6.45) is 1.30. The highest BCUT2D eigenvalue weighted by atomic mass is 16.5. The van der Waals surface area contributed by atoms with Crippen LogP contribution in [0.2, 0.25) is 0 Å². The third kappa shape index (κ3) is 4.40. The van der Waals surface area contributed by atoms with Crippen LogP contribution in [0.1, 0.15) is 42.6 Å². The first-order valence-electron chi connectivity index (χ1n) is 11.7. The molecule has 0 aliphatic carbocycles. The first-order valence-corrected chi connectivity index (χ1v) is 11.7. The van der Waals surface area contributed by atoms with Crippen molar-refractivity contribution >= 4 is 22.8 Å². The predicted octanol–water partition coefficient (Wildman–Crippen LogP) is 4.17. The SMILES string of the molecule is CCOC(=O)[C@H]1Cc2c(n(C)c3c(OC)cccc23)[C@H](CCC(=O)OC)N1Cc1ccccc1. The predicted molar refractivity (Wildman–Crippen MR) is 130 cm³/mol. The van der Waals surface area contributed by atoms with Gasteiger partial charge in [0, 0.05) is 37.5 Å². The summed E-state index contributed by atoms with van der Waals surface area (Å²) in [6.45, 7) is 2.71. The van der Waals surface area contributed by atoms with Crippen molar-refractivity contribution in [1.29, 1.82) is 0 Å². The van der Waals surface area contributed by atoms with Crippen LogP contribution in [-0.2, 0) is 39.1 Å². The normalized spacial score (nSPS) is 17.9. The van der Waals surface area contributed by atoms with Gasteiger partial charge in [0.05, 0.1) is 32.4 Å². The molecule has 1 aliphatic rings. The van der Waals surface area contributed by atoms with Crippen LogP contribution >= 0.6 is 0 Å². The zero-order chi connectivity index (χ0) is 24.2. The molecule has 0 unspecified atom stereocenters. The van der Waals surface area contributed by atoms with Gasteiger partial charge in [-0.1, -0.05) is 42.5 Å². The molecule has 0 fully saturated rings. The number of para-hydroxylation sites is 1. The molecule has 0 saturated carbocycles. The standard InChI is InChI=1S/C27H32N2O5/c1-5-34-27(31)22-16-20-19-12-9-13-23(32-3)26(19)28(2)25(20)21(14-15-24(30)33-4)29(22)17-18-10-7-6-8-11-18/h6-13,21-22H,5,14-17H2,1-4H3/t21-,22+/m0/s1. The minimum atomic E-state index is -0.466. The van der Waals surface area contributed by atoms with Crippen molar-refractivity contribution in [3.8, 4) is 5.75 Å². The lowest BCUT2D eigenvalue weighted by Crippen LogP contribution is -2.49. The number of hydrogen-bond donors (Lipinski definition) is 0. The summed E-state index contributed by atoms with van der Waals surface area (Å²) in [5.41, 5.74) is 4.29. The third-order valence-electron chi connectivity index (χ3n) is 6.68. The summed E-state index contributed by atoms with van der Waals surface area (Å²) < 4.78 is 18.3. The Morgan fingerprint density at radius 1 is 1.06 bits per heavy atom. The number of benzene rings is 2. The van der Waals surface area contributed by atoms with E-state index in [4.69, 9.17) is 14.2 Å². The van der Waals surface area contributed by atoms with Crippen LogP contribution in [0.4, 0.5) is 0 Å². The Morgan fingerprint density at radius 3 is 2.50 bits per heavy atom. The van der Waals surface area contributed by atoms with Crippen LogP contribution in [0.5, 0.6) is 5.75 Å². The van der Waals surface area contributed by atoms with E-state index in [-0.39, 0.29) is 24.4 Å². The van der Waals surface area contributed by atoms with Gasteiger partial charge in [0.25, 0.3) is 0 Å². The summed E-state index contributed by atoms with van der Waals surface area (Å²) in [5, 5.41) is 1.06. The highest BCUT2D eigenvalue weighted by molar-refractivity contribution is 5.92. The second-order valence-corrected chi connectivity index (χ2v) is 8.54. The lowest BCUT2D eigenvalue weighted by Gasteiger charge is -2.41. The molecule has 0 bridgehead atoms. The van der Waals surface area contributed by atoms with E-state index in [0.29, 0.717) is 26.0 Å². The Morgan fingerprint density at radius 2 is 1.82 bits per heavy atom. The minimum Gasteiger partial charge on any atom is -0.495 e. The topological polar surface area (TPSA) is 70.0 Å². The number of fused-ring (bicyclic) bond motifs is 3. The molecule has 2 aromatic carbocycles. The second-order valence-electron chi connectivity index (χ2n) is 8.54. The van der Waals surface area contributed by atoms with Crippen molar-refractivity contribution in [2.24, 2.45) is 7.05 Å². The lowest BCUT2D eigenvalue weighted by atomic mass is 9.88. The van der Waals surface area contributed by atoms with Gasteiger partial charge >= 0.3 is 11.9 Å². The Kier molecular flexibility index (Phi) is 7.22. The molecule has 0 saturated heterocycles. The van der Waals surface area contributed by atoms with Crippen molar-refractivity contribution in [2.45, 2.75) is 44.8 Å². The number of aryl methyl sites for hydroxylation is 1. The average Bonchev–Trinajstić information content (AvgIpc) is 3.15. The smallest absolute Gasteiger partial charge is 0.323 e. The molecule has 0 radical (unpaired) electrons. The van der Waals surface area contributed by atoms with Gasteiger partial charge < -0.3 is 18.8 Å². The molecule has 34 heavy (non-hydrogen) atoms. The zero-order valence-corrected chi connectivity index (χ0v) is 20.2. The molecule has 1 aliphatic heterocycles. The van der Waals surface area contributed by atoms with Gasteiger partial charge in [-0.3, -0.25) is 14.5 Å². The van der Waals surface area contributed by atoms with E-state index in [0.717, 1.165) is 33.5 Å². The minimum absolute atomic E-state index is 0.181. The van der Waals surface area contributed by atoms with Crippen molar-refractivity contribution in [3.63, 3.8) is 0 Å². The molecule has 0 amide bonds. The maximum atomic E-state index is 13.2. The fourth-order valence-corrected chi connectivity index (χ4v) is 5.19. The molecular weight excluding hydrogens is 432 g/mol. The van der Waals surface area contributed by atoms with Crippen molar-refractivity contribution in [2.75, 3.05) is 20.8 Å². The maximum Gasteiger partial charge on any atom is 0.323 e. The molecule has 0 spiro atoms. The van der Waals surface area contributed by atoms with E-state index < -0.39 is 6.04 Å². The van der Waals surface area contributed by atoms with Crippen LogP contribution in [0.25, 0.3) is 10.9 Å². The summed E-state index contributed by atoms with van der Waals surface area (Å²) in [6, 6.07) is 15.4. The summed E-state index contributed by atoms with van der Waals surface area (Å²) in [5.74, 6) is 0.270. The van der Waals surface area contributed by atoms with Crippen LogP contribution in [0.3, 0.4) is 0 Å². The molecule has 7 heteroatoms. The molecule has 2 heterocycles. The monoisotopic (exact) mass is 464 g/mol. The number of rotatable bonds is 8. The Hall–Kier alpha value is -3.32. The Labute approximate surface area is 200 Å². The van der Waals surface area contributed by atoms with E-state index in [1.807, 2.05) is 44.3 Å². The van der Waals surface area contributed by atoms with Crippen LogP contribution in [-0.4, -0.2) is 48.3 Å². The Balaban J connectivity index is 1.89. The van der Waals surface area contributed by atoms with Crippen LogP contribution < -0.4 is 4.74 Å². The number of ether oxygens (including phenoxy) is 3. The molecule has 4 rings (SSSR count). The van der Waals surface area contributed by atoms with Gasteiger partial charge in [0.15, 0.2) is 0 Å². The average molecular weight is 465 g/mol. The van der Waals surface area contributed by atoms with Crippen LogP contribution in [0.15, 0.2) is 48.5 Å². The maximum absolute atomic E-state index is 13.2. The van der Waals surface area contributed by atoms with E-state index in [1.165, 1.54) is 7.11 Å². The number of nitrogens with zero attached hydrogens (tertiary/aromatic N) is 2. The van der Waals surface area contributed by atoms with E-state index >= 15 is 0 Å². The summed E-state index contributed by atoms with van der Waals surface area (Å²) >= 11 is 0. The fourth-order valence-electron chi connectivity index (χ4n) is 5.19. The quantitative estimate of drug-likeness (QED) is 0.466. The second kappa shape index (κ2) is 10.3.